The van der Waals surface area contributed by atoms with E-state index in [1.165, 1.54) is 6.92 Å². The molecule has 0 saturated carbocycles. The van der Waals surface area contributed by atoms with Gasteiger partial charge >= 0.3 is 5.97 Å². The Balaban J connectivity index is 2.90. The molecule has 3 nitrogen and oxygen atoms in total. The molecule has 1 rings (SSSR count). The Kier molecular flexibility index (Phi) is 3.09. The van der Waals surface area contributed by atoms with Gasteiger partial charge in [-0.1, -0.05) is 12.5 Å². The molecule has 78 valence electrons. The molecular formula is C11H16O3. The quantitative estimate of drug-likeness (QED) is 0.634. The normalized spacial score (nSPS) is 27.1. The number of ketones is 1. The number of carbonyl (C=O) groups is 2. The fraction of sp³-hybridized carbons (Fsp3) is 0.636. The van der Waals surface area contributed by atoms with Gasteiger partial charge in [0, 0.05) is 6.92 Å². The molecule has 0 spiro atoms. The second-order valence-electron chi connectivity index (χ2n) is 3.80. The van der Waals surface area contributed by atoms with Gasteiger partial charge in [0.25, 0.3) is 0 Å². The van der Waals surface area contributed by atoms with Crippen LogP contribution in [0.4, 0.5) is 0 Å². The average molecular weight is 196 g/mol. The van der Waals surface area contributed by atoms with Gasteiger partial charge < -0.3 is 4.74 Å². The van der Waals surface area contributed by atoms with Crippen LogP contribution in [-0.4, -0.2) is 17.4 Å². The molecule has 1 unspecified atom stereocenters. The number of hydrogen-bond donors (Lipinski definition) is 0. The van der Waals surface area contributed by atoms with E-state index in [1.54, 1.807) is 6.08 Å². The first-order valence-electron chi connectivity index (χ1n) is 4.91. The summed E-state index contributed by atoms with van der Waals surface area (Å²) >= 11 is 0. The SMILES string of the molecule is CCC1(OC(C)=O)CCC(C)=CC1=O. The maximum atomic E-state index is 11.7. The maximum Gasteiger partial charge on any atom is 0.303 e. The molecule has 0 aromatic carbocycles. The second kappa shape index (κ2) is 3.95. The van der Waals surface area contributed by atoms with Gasteiger partial charge in [-0.05, 0) is 32.3 Å². The zero-order valence-electron chi connectivity index (χ0n) is 8.92. The van der Waals surface area contributed by atoms with Crippen molar-refractivity contribution in [2.24, 2.45) is 0 Å². The summed E-state index contributed by atoms with van der Waals surface area (Å²) in [4.78, 5) is 22.6. The average Bonchev–Trinajstić information content (AvgIpc) is 2.10. The first-order chi connectivity index (χ1) is 6.50. The maximum absolute atomic E-state index is 11.7. The van der Waals surface area contributed by atoms with E-state index >= 15 is 0 Å². The van der Waals surface area contributed by atoms with Crippen LogP contribution in [0.25, 0.3) is 0 Å². The van der Waals surface area contributed by atoms with Crippen LogP contribution in [-0.2, 0) is 14.3 Å². The highest BCUT2D eigenvalue weighted by Gasteiger charge is 2.40. The van der Waals surface area contributed by atoms with Gasteiger partial charge in [0.15, 0.2) is 11.4 Å². The van der Waals surface area contributed by atoms with Crippen molar-refractivity contribution in [2.45, 2.75) is 45.6 Å². The van der Waals surface area contributed by atoms with Crippen molar-refractivity contribution in [1.82, 2.24) is 0 Å². The molecule has 0 amide bonds. The van der Waals surface area contributed by atoms with Crippen molar-refractivity contribution in [2.75, 3.05) is 0 Å². The molecular weight excluding hydrogens is 180 g/mol. The van der Waals surface area contributed by atoms with E-state index in [0.29, 0.717) is 12.8 Å². The topological polar surface area (TPSA) is 43.4 Å². The zero-order valence-corrected chi connectivity index (χ0v) is 8.92. The molecule has 0 aromatic rings. The molecule has 0 saturated heterocycles. The van der Waals surface area contributed by atoms with Crippen molar-refractivity contribution in [3.63, 3.8) is 0 Å². The fourth-order valence-corrected chi connectivity index (χ4v) is 1.75. The summed E-state index contributed by atoms with van der Waals surface area (Å²) in [5.74, 6) is -0.452. The summed E-state index contributed by atoms with van der Waals surface area (Å²) in [7, 11) is 0. The molecule has 1 atom stereocenters. The van der Waals surface area contributed by atoms with Crippen LogP contribution in [0.5, 0.6) is 0 Å². The van der Waals surface area contributed by atoms with Gasteiger partial charge in [0.2, 0.25) is 0 Å². The lowest BCUT2D eigenvalue weighted by Crippen LogP contribution is -2.43. The van der Waals surface area contributed by atoms with Crippen molar-refractivity contribution in [1.29, 1.82) is 0 Å². The molecule has 0 radical (unpaired) electrons. The van der Waals surface area contributed by atoms with Crippen LogP contribution >= 0.6 is 0 Å². The Morgan fingerprint density at radius 2 is 2.29 bits per heavy atom. The Morgan fingerprint density at radius 1 is 1.64 bits per heavy atom. The van der Waals surface area contributed by atoms with Crippen LogP contribution in [0.3, 0.4) is 0 Å². The summed E-state index contributed by atoms with van der Waals surface area (Å²) in [6.45, 7) is 5.14. The van der Waals surface area contributed by atoms with Crippen LogP contribution < -0.4 is 0 Å². The number of allylic oxidation sites excluding steroid dienone is 1. The second-order valence-corrected chi connectivity index (χ2v) is 3.80. The minimum Gasteiger partial charge on any atom is -0.451 e. The highest BCUT2D eigenvalue weighted by Crippen LogP contribution is 2.31. The standard InChI is InChI=1S/C11H16O3/c1-4-11(14-9(3)12)6-5-8(2)7-10(11)13/h7H,4-6H2,1-3H3. The summed E-state index contributed by atoms with van der Waals surface area (Å²) in [5, 5.41) is 0. The predicted octanol–water partition coefficient (Wildman–Crippen LogP) is 2.01. The predicted molar refractivity (Wildman–Crippen MR) is 52.8 cm³/mol. The fourth-order valence-electron chi connectivity index (χ4n) is 1.75. The van der Waals surface area contributed by atoms with Crippen molar-refractivity contribution >= 4 is 11.8 Å². The number of esters is 1. The number of carbonyl (C=O) groups excluding carboxylic acids is 2. The van der Waals surface area contributed by atoms with Gasteiger partial charge in [-0.25, -0.2) is 0 Å². The molecule has 0 fully saturated rings. The highest BCUT2D eigenvalue weighted by molar-refractivity contribution is 5.99. The van der Waals surface area contributed by atoms with Gasteiger partial charge in [0.05, 0.1) is 0 Å². The summed E-state index contributed by atoms with van der Waals surface area (Å²) in [6.07, 6.45) is 3.59. The Morgan fingerprint density at radius 3 is 2.71 bits per heavy atom. The number of rotatable bonds is 2. The molecule has 1 aliphatic carbocycles. The zero-order chi connectivity index (χ0) is 10.8. The molecule has 1 aliphatic rings. The lowest BCUT2D eigenvalue weighted by molar-refractivity contribution is -0.165. The van der Waals surface area contributed by atoms with Crippen molar-refractivity contribution < 1.29 is 14.3 Å². The molecule has 0 heterocycles. The van der Waals surface area contributed by atoms with Gasteiger partial charge in [-0.3, -0.25) is 9.59 Å². The minimum atomic E-state index is -0.884. The third kappa shape index (κ3) is 2.03. The first-order valence-corrected chi connectivity index (χ1v) is 4.91. The van der Waals surface area contributed by atoms with Crippen LogP contribution in [0.2, 0.25) is 0 Å². The largest absolute Gasteiger partial charge is 0.451 e. The molecule has 0 aliphatic heterocycles. The summed E-state index contributed by atoms with van der Waals surface area (Å²) in [6, 6.07) is 0. The van der Waals surface area contributed by atoms with Crippen LogP contribution in [0, 0.1) is 0 Å². The third-order valence-corrected chi connectivity index (χ3v) is 2.66. The van der Waals surface area contributed by atoms with E-state index in [4.69, 9.17) is 4.74 Å². The van der Waals surface area contributed by atoms with E-state index in [1.807, 2.05) is 13.8 Å². The number of hydrogen-bond acceptors (Lipinski definition) is 3. The van der Waals surface area contributed by atoms with E-state index in [2.05, 4.69) is 0 Å². The minimum absolute atomic E-state index is 0.0704. The Bertz CT molecular complexity index is 291. The van der Waals surface area contributed by atoms with Crippen LogP contribution in [0.1, 0.15) is 40.0 Å². The molecule has 0 N–H and O–H groups in total. The summed E-state index contributed by atoms with van der Waals surface area (Å²) < 4.78 is 5.16. The number of ether oxygens (including phenoxy) is 1. The lowest BCUT2D eigenvalue weighted by atomic mass is 9.82. The van der Waals surface area contributed by atoms with Crippen LogP contribution in [0.15, 0.2) is 11.6 Å². The van der Waals surface area contributed by atoms with Gasteiger partial charge in [-0.2, -0.15) is 0 Å². The summed E-state index contributed by atoms with van der Waals surface area (Å²) in [5.41, 5.74) is 0.178. The Labute approximate surface area is 84.1 Å². The molecule has 0 aromatic heterocycles. The monoisotopic (exact) mass is 196 g/mol. The smallest absolute Gasteiger partial charge is 0.303 e. The lowest BCUT2D eigenvalue weighted by Gasteiger charge is -2.32. The van der Waals surface area contributed by atoms with E-state index < -0.39 is 5.60 Å². The first kappa shape index (κ1) is 11.0. The van der Waals surface area contributed by atoms with Gasteiger partial charge in [0.1, 0.15) is 0 Å². The molecule has 3 heteroatoms. The van der Waals surface area contributed by atoms with E-state index in [9.17, 15) is 9.59 Å². The highest BCUT2D eigenvalue weighted by atomic mass is 16.6. The molecule has 14 heavy (non-hydrogen) atoms. The third-order valence-electron chi connectivity index (χ3n) is 2.66. The van der Waals surface area contributed by atoms with E-state index in [0.717, 1.165) is 12.0 Å². The Hall–Kier alpha value is -1.12. The van der Waals surface area contributed by atoms with E-state index in [-0.39, 0.29) is 11.8 Å². The van der Waals surface area contributed by atoms with Gasteiger partial charge in [-0.15, -0.1) is 0 Å². The van der Waals surface area contributed by atoms with Crippen molar-refractivity contribution in [3.8, 4) is 0 Å². The molecule has 0 bridgehead atoms. The van der Waals surface area contributed by atoms with Crippen molar-refractivity contribution in [3.05, 3.63) is 11.6 Å².